The van der Waals surface area contributed by atoms with Gasteiger partial charge in [0.15, 0.2) is 5.75 Å². The maximum Gasteiger partial charge on any atom is 0.156 e. The molecule has 2 heterocycles. The van der Waals surface area contributed by atoms with Crippen LogP contribution in [0.3, 0.4) is 0 Å². The monoisotopic (exact) mass is 290 g/mol. The molecule has 0 amide bonds. The molecule has 0 saturated carbocycles. The highest BCUT2D eigenvalue weighted by Gasteiger charge is 2.14. The predicted octanol–water partition coefficient (Wildman–Crippen LogP) is 4.33. The van der Waals surface area contributed by atoms with Gasteiger partial charge < -0.3 is 4.74 Å². The fraction of sp³-hybridized carbons (Fsp3) is 0.143. The molecule has 0 aliphatic heterocycles. The molecule has 0 saturated heterocycles. The van der Waals surface area contributed by atoms with Crippen LogP contribution in [0.1, 0.15) is 5.69 Å². The molecule has 0 atom stereocenters. The first-order valence-electron chi connectivity index (χ1n) is 5.74. The van der Waals surface area contributed by atoms with E-state index in [0.717, 1.165) is 27.2 Å². The van der Waals surface area contributed by atoms with Crippen molar-refractivity contribution in [1.29, 1.82) is 0 Å². The number of methoxy groups -OCH3 is 1. The van der Waals surface area contributed by atoms with Crippen LogP contribution in [0.2, 0.25) is 5.02 Å². The van der Waals surface area contributed by atoms with Crippen LogP contribution in [-0.2, 0) is 0 Å². The molecule has 5 heteroatoms. The van der Waals surface area contributed by atoms with E-state index in [4.69, 9.17) is 16.3 Å². The molecule has 3 nitrogen and oxygen atoms in total. The molecule has 0 aliphatic rings. The van der Waals surface area contributed by atoms with Gasteiger partial charge in [0.2, 0.25) is 0 Å². The molecule has 0 radical (unpaired) electrons. The van der Waals surface area contributed by atoms with E-state index in [1.54, 1.807) is 24.6 Å². The van der Waals surface area contributed by atoms with E-state index in [1.165, 1.54) is 0 Å². The lowest BCUT2D eigenvalue weighted by Gasteiger charge is -2.08. The molecule has 19 heavy (non-hydrogen) atoms. The highest BCUT2D eigenvalue weighted by atomic mass is 35.5. The Morgan fingerprint density at radius 2 is 2.16 bits per heavy atom. The van der Waals surface area contributed by atoms with Crippen molar-refractivity contribution in [3.05, 3.63) is 40.5 Å². The van der Waals surface area contributed by atoms with E-state index >= 15 is 0 Å². The zero-order valence-corrected chi connectivity index (χ0v) is 12.0. The first kappa shape index (κ1) is 12.4. The number of aryl methyl sites for hydroxylation is 1. The van der Waals surface area contributed by atoms with Crippen molar-refractivity contribution in [1.82, 2.24) is 9.97 Å². The summed E-state index contributed by atoms with van der Waals surface area (Å²) in [4.78, 5) is 8.89. The Hall–Kier alpha value is -1.65. The average Bonchev–Trinajstić information content (AvgIpc) is 2.85. The normalized spacial score (nSPS) is 10.9. The summed E-state index contributed by atoms with van der Waals surface area (Å²) in [6, 6.07) is 5.91. The van der Waals surface area contributed by atoms with Crippen LogP contribution in [0.15, 0.2) is 29.8 Å². The standard InChI is InChI=1S/C14H11ClN2OS/c1-8-7-19-14(17-8)9-4-3-5-10-12(9)13(15)11(18-2)6-16-10/h3-7H,1-2H3. The van der Waals surface area contributed by atoms with Crippen molar-refractivity contribution in [3.63, 3.8) is 0 Å². The largest absolute Gasteiger partial charge is 0.494 e. The van der Waals surface area contributed by atoms with E-state index in [2.05, 4.69) is 9.97 Å². The Morgan fingerprint density at radius 3 is 2.84 bits per heavy atom. The van der Waals surface area contributed by atoms with Gasteiger partial charge in [0.05, 0.1) is 23.8 Å². The van der Waals surface area contributed by atoms with Gasteiger partial charge in [0.1, 0.15) is 5.01 Å². The minimum Gasteiger partial charge on any atom is -0.494 e. The number of fused-ring (bicyclic) bond motifs is 1. The van der Waals surface area contributed by atoms with E-state index in [9.17, 15) is 0 Å². The zero-order chi connectivity index (χ0) is 13.4. The van der Waals surface area contributed by atoms with Crippen molar-refractivity contribution in [2.24, 2.45) is 0 Å². The van der Waals surface area contributed by atoms with Gasteiger partial charge in [-0.25, -0.2) is 4.98 Å². The highest BCUT2D eigenvalue weighted by molar-refractivity contribution is 7.13. The van der Waals surface area contributed by atoms with E-state index in [-0.39, 0.29) is 0 Å². The minimum absolute atomic E-state index is 0.579. The van der Waals surface area contributed by atoms with Crippen LogP contribution >= 0.6 is 22.9 Å². The average molecular weight is 291 g/mol. The number of thiazole rings is 1. The molecule has 0 N–H and O–H groups in total. The topological polar surface area (TPSA) is 35.0 Å². The van der Waals surface area contributed by atoms with E-state index in [1.807, 2.05) is 30.5 Å². The molecule has 0 fully saturated rings. The Morgan fingerprint density at radius 1 is 1.32 bits per heavy atom. The third-order valence-corrected chi connectivity index (χ3v) is 4.24. The van der Waals surface area contributed by atoms with Crippen molar-refractivity contribution in [2.45, 2.75) is 6.92 Å². The van der Waals surface area contributed by atoms with Gasteiger partial charge in [-0.1, -0.05) is 23.7 Å². The number of hydrogen-bond acceptors (Lipinski definition) is 4. The zero-order valence-electron chi connectivity index (χ0n) is 10.5. The molecule has 0 unspecified atom stereocenters. The second-order valence-electron chi connectivity index (χ2n) is 4.13. The molecular formula is C14H11ClN2OS. The summed E-state index contributed by atoms with van der Waals surface area (Å²) in [6.07, 6.45) is 1.64. The fourth-order valence-electron chi connectivity index (χ4n) is 1.98. The number of ether oxygens (including phenoxy) is 1. The van der Waals surface area contributed by atoms with Crippen LogP contribution in [0.25, 0.3) is 21.5 Å². The summed E-state index contributed by atoms with van der Waals surface area (Å²) < 4.78 is 5.24. The van der Waals surface area contributed by atoms with E-state index < -0.39 is 0 Å². The molecule has 1 aromatic carbocycles. The molecule has 2 aromatic heterocycles. The number of rotatable bonds is 2. The molecule has 3 rings (SSSR count). The number of hydrogen-bond donors (Lipinski definition) is 0. The van der Waals surface area contributed by atoms with Gasteiger partial charge in [0, 0.05) is 22.0 Å². The summed E-state index contributed by atoms with van der Waals surface area (Å²) in [5.41, 5.74) is 2.84. The second kappa shape index (κ2) is 4.79. The Bertz CT molecular complexity index is 754. The summed E-state index contributed by atoms with van der Waals surface area (Å²) in [7, 11) is 1.59. The minimum atomic E-state index is 0.579. The van der Waals surface area contributed by atoms with Crippen molar-refractivity contribution in [2.75, 3.05) is 7.11 Å². The van der Waals surface area contributed by atoms with Gasteiger partial charge in [0.25, 0.3) is 0 Å². The summed E-state index contributed by atoms with van der Waals surface area (Å²) in [6.45, 7) is 1.98. The molecule has 3 aromatic rings. The second-order valence-corrected chi connectivity index (χ2v) is 5.37. The highest BCUT2D eigenvalue weighted by Crippen LogP contribution is 2.38. The molecule has 0 bridgehead atoms. The maximum absolute atomic E-state index is 6.42. The number of halogens is 1. The van der Waals surface area contributed by atoms with Crippen molar-refractivity contribution in [3.8, 4) is 16.3 Å². The third-order valence-electron chi connectivity index (χ3n) is 2.87. The van der Waals surface area contributed by atoms with E-state index in [0.29, 0.717) is 10.8 Å². The molecule has 0 aliphatic carbocycles. The number of benzene rings is 1. The fourth-order valence-corrected chi connectivity index (χ4v) is 3.14. The molecular weight excluding hydrogens is 280 g/mol. The van der Waals surface area contributed by atoms with Crippen LogP contribution in [0, 0.1) is 6.92 Å². The Balaban J connectivity index is 2.36. The van der Waals surface area contributed by atoms with Crippen LogP contribution in [0.4, 0.5) is 0 Å². The summed E-state index contributed by atoms with van der Waals surface area (Å²) >= 11 is 8.02. The Labute approximate surface area is 119 Å². The lowest BCUT2D eigenvalue weighted by atomic mass is 10.1. The lowest BCUT2D eigenvalue weighted by molar-refractivity contribution is 0.414. The lowest BCUT2D eigenvalue weighted by Crippen LogP contribution is -1.90. The van der Waals surface area contributed by atoms with Gasteiger partial charge >= 0.3 is 0 Å². The Kier molecular flexibility index (Phi) is 3.12. The van der Waals surface area contributed by atoms with Crippen LogP contribution < -0.4 is 4.74 Å². The number of nitrogens with zero attached hydrogens (tertiary/aromatic N) is 2. The molecule has 0 spiro atoms. The van der Waals surface area contributed by atoms with Gasteiger partial charge in [-0.3, -0.25) is 4.98 Å². The van der Waals surface area contributed by atoms with Gasteiger partial charge in [-0.15, -0.1) is 11.3 Å². The third kappa shape index (κ3) is 2.07. The number of aromatic nitrogens is 2. The summed E-state index contributed by atoms with van der Waals surface area (Å²) in [5.74, 6) is 0.579. The van der Waals surface area contributed by atoms with Crippen LogP contribution in [-0.4, -0.2) is 17.1 Å². The smallest absolute Gasteiger partial charge is 0.156 e. The predicted molar refractivity (Wildman–Crippen MR) is 79.2 cm³/mol. The first-order valence-corrected chi connectivity index (χ1v) is 7.00. The first-order chi connectivity index (χ1) is 9.20. The number of pyridine rings is 1. The summed E-state index contributed by atoms with van der Waals surface area (Å²) in [5, 5.41) is 4.43. The van der Waals surface area contributed by atoms with Crippen LogP contribution in [0.5, 0.6) is 5.75 Å². The van der Waals surface area contributed by atoms with Gasteiger partial charge in [-0.05, 0) is 13.0 Å². The van der Waals surface area contributed by atoms with Gasteiger partial charge in [-0.2, -0.15) is 0 Å². The molecule has 96 valence electrons. The van der Waals surface area contributed by atoms with Crippen molar-refractivity contribution < 1.29 is 4.74 Å². The van der Waals surface area contributed by atoms with Crippen molar-refractivity contribution >= 4 is 33.8 Å². The quantitative estimate of drug-likeness (QED) is 0.704. The SMILES string of the molecule is COc1cnc2cccc(-c3nc(C)cs3)c2c1Cl. The maximum atomic E-state index is 6.42.